The van der Waals surface area contributed by atoms with Crippen LogP contribution in [0.2, 0.25) is 0 Å². The van der Waals surface area contributed by atoms with Crippen LogP contribution >= 0.6 is 11.8 Å². The molecule has 2 amide bonds. The Balaban J connectivity index is 1.77. The van der Waals surface area contributed by atoms with E-state index in [1.54, 1.807) is 16.7 Å². The molecule has 0 spiro atoms. The Bertz CT molecular complexity index is 359. The summed E-state index contributed by atoms with van der Waals surface area (Å²) >= 11 is 1.68. The van der Waals surface area contributed by atoms with E-state index >= 15 is 0 Å². The van der Waals surface area contributed by atoms with Crippen LogP contribution in [0.5, 0.6) is 0 Å². The smallest absolute Gasteiger partial charge is 0.243 e. The Morgan fingerprint density at radius 2 is 1.95 bits per heavy atom. The van der Waals surface area contributed by atoms with Crippen LogP contribution in [-0.2, 0) is 9.59 Å². The fourth-order valence-corrected chi connectivity index (χ4v) is 4.14. The van der Waals surface area contributed by atoms with E-state index in [1.807, 2.05) is 0 Å². The van der Waals surface area contributed by atoms with Gasteiger partial charge in [-0.2, -0.15) is 0 Å². The zero-order valence-corrected chi connectivity index (χ0v) is 13.7. The van der Waals surface area contributed by atoms with Crippen molar-refractivity contribution in [1.82, 2.24) is 15.5 Å². The van der Waals surface area contributed by atoms with Gasteiger partial charge < -0.3 is 15.5 Å². The number of thioether (sulfide) groups is 1. The maximum Gasteiger partial charge on any atom is 0.243 e. The number of nitrogens with zero attached hydrogens (tertiary/aromatic N) is 1. The molecule has 1 saturated heterocycles. The average Bonchev–Trinajstić information content (AvgIpc) is 3.17. The van der Waals surface area contributed by atoms with Gasteiger partial charge in [0, 0.05) is 24.8 Å². The van der Waals surface area contributed by atoms with Crippen molar-refractivity contribution in [2.75, 3.05) is 31.3 Å². The minimum atomic E-state index is -0.269. The Labute approximate surface area is 131 Å². The topological polar surface area (TPSA) is 61.4 Å². The van der Waals surface area contributed by atoms with Gasteiger partial charge in [-0.25, -0.2) is 0 Å². The predicted octanol–water partition coefficient (Wildman–Crippen LogP) is 1.19. The molecule has 1 unspecified atom stereocenters. The van der Waals surface area contributed by atoms with Crippen LogP contribution in [0.25, 0.3) is 0 Å². The molecule has 2 aliphatic rings. The van der Waals surface area contributed by atoms with Crippen molar-refractivity contribution in [3.05, 3.63) is 0 Å². The van der Waals surface area contributed by atoms with Crippen LogP contribution in [0.4, 0.5) is 0 Å². The molecule has 1 saturated carbocycles. The van der Waals surface area contributed by atoms with Crippen LogP contribution in [0, 0.1) is 5.92 Å². The third-order valence-electron chi connectivity index (χ3n) is 4.20. The maximum atomic E-state index is 12.5. The summed E-state index contributed by atoms with van der Waals surface area (Å²) in [6.45, 7) is 4.51. The Kier molecular flexibility index (Phi) is 6.83. The zero-order chi connectivity index (χ0) is 15.1. The van der Waals surface area contributed by atoms with Crippen LogP contribution in [0.1, 0.15) is 39.0 Å². The van der Waals surface area contributed by atoms with Gasteiger partial charge in [-0.1, -0.05) is 19.8 Å². The highest BCUT2D eigenvalue weighted by molar-refractivity contribution is 7.99. The predicted molar refractivity (Wildman–Crippen MR) is 86.1 cm³/mol. The van der Waals surface area contributed by atoms with Gasteiger partial charge in [0.05, 0.1) is 5.88 Å². The summed E-state index contributed by atoms with van der Waals surface area (Å²) in [5.74, 6) is 1.75. The molecule has 5 nitrogen and oxygen atoms in total. The SMILES string of the molecule is CCCNCCNC(=O)C1CSCN1C(=O)C1CCCC1. The van der Waals surface area contributed by atoms with E-state index in [2.05, 4.69) is 17.6 Å². The molecule has 0 radical (unpaired) electrons. The van der Waals surface area contributed by atoms with Gasteiger partial charge in [-0.05, 0) is 25.8 Å². The summed E-state index contributed by atoms with van der Waals surface area (Å²) in [6, 6.07) is -0.269. The Morgan fingerprint density at radius 1 is 1.19 bits per heavy atom. The summed E-state index contributed by atoms with van der Waals surface area (Å²) in [5.41, 5.74) is 0. The summed E-state index contributed by atoms with van der Waals surface area (Å²) in [5, 5.41) is 6.21. The molecule has 2 N–H and O–H groups in total. The van der Waals surface area contributed by atoms with Crippen LogP contribution < -0.4 is 10.6 Å². The van der Waals surface area contributed by atoms with Gasteiger partial charge in [0.2, 0.25) is 11.8 Å². The molecular weight excluding hydrogens is 286 g/mol. The van der Waals surface area contributed by atoms with Crippen molar-refractivity contribution in [3.63, 3.8) is 0 Å². The van der Waals surface area contributed by atoms with E-state index in [-0.39, 0.29) is 23.8 Å². The van der Waals surface area contributed by atoms with Crippen molar-refractivity contribution in [2.24, 2.45) is 5.92 Å². The lowest BCUT2D eigenvalue weighted by Gasteiger charge is -2.25. The molecule has 0 aromatic rings. The number of hydrogen-bond acceptors (Lipinski definition) is 4. The lowest BCUT2D eigenvalue weighted by atomic mass is 10.1. The van der Waals surface area contributed by atoms with Gasteiger partial charge in [-0.15, -0.1) is 11.8 Å². The van der Waals surface area contributed by atoms with Gasteiger partial charge in [0.15, 0.2) is 0 Å². The summed E-state index contributed by atoms with van der Waals surface area (Å²) in [6.07, 6.45) is 5.39. The van der Waals surface area contributed by atoms with Crippen molar-refractivity contribution in [3.8, 4) is 0 Å². The Morgan fingerprint density at radius 3 is 2.67 bits per heavy atom. The third kappa shape index (κ3) is 4.61. The van der Waals surface area contributed by atoms with E-state index < -0.39 is 0 Å². The van der Waals surface area contributed by atoms with E-state index in [4.69, 9.17) is 0 Å². The number of carbonyl (C=O) groups excluding carboxylic acids is 2. The molecule has 1 aliphatic carbocycles. The van der Waals surface area contributed by atoms with E-state index in [0.29, 0.717) is 12.4 Å². The molecule has 0 aromatic carbocycles. The number of nitrogens with one attached hydrogen (secondary N) is 2. The van der Waals surface area contributed by atoms with E-state index in [0.717, 1.165) is 50.9 Å². The highest BCUT2D eigenvalue weighted by atomic mass is 32.2. The Hall–Kier alpha value is -0.750. The number of rotatable bonds is 7. The van der Waals surface area contributed by atoms with Gasteiger partial charge >= 0.3 is 0 Å². The first-order valence-electron chi connectivity index (χ1n) is 8.10. The monoisotopic (exact) mass is 313 g/mol. The van der Waals surface area contributed by atoms with Gasteiger partial charge in [0.1, 0.15) is 6.04 Å². The molecule has 0 bridgehead atoms. The highest BCUT2D eigenvalue weighted by Gasteiger charge is 2.38. The van der Waals surface area contributed by atoms with E-state index in [9.17, 15) is 9.59 Å². The second-order valence-corrected chi connectivity index (χ2v) is 6.85. The lowest BCUT2D eigenvalue weighted by molar-refractivity contribution is -0.141. The maximum absolute atomic E-state index is 12.5. The molecule has 1 aliphatic heterocycles. The fourth-order valence-electron chi connectivity index (χ4n) is 2.98. The molecular formula is C15H27N3O2S. The zero-order valence-electron chi connectivity index (χ0n) is 12.9. The number of hydrogen-bond donors (Lipinski definition) is 2. The molecule has 2 fully saturated rings. The highest BCUT2D eigenvalue weighted by Crippen LogP contribution is 2.30. The molecule has 1 atom stereocenters. The average molecular weight is 313 g/mol. The van der Waals surface area contributed by atoms with Crippen LogP contribution in [0.3, 0.4) is 0 Å². The fraction of sp³-hybridized carbons (Fsp3) is 0.867. The molecule has 2 rings (SSSR count). The lowest BCUT2D eigenvalue weighted by Crippen LogP contribution is -2.49. The van der Waals surface area contributed by atoms with Crippen molar-refractivity contribution in [2.45, 2.75) is 45.1 Å². The number of amides is 2. The first-order chi connectivity index (χ1) is 10.2. The molecule has 120 valence electrons. The first-order valence-corrected chi connectivity index (χ1v) is 9.26. The van der Waals surface area contributed by atoms with Crippen LogP contribution in [-0.4, -0.2) is 54.0 Å². The molecule has 1 heterocycles. The third-order valence-corrected chi connectivity index (χ3v) is 5.21. The van der Waals surface area contributed by atoms with Crippen molar-refractivity contribution in [1.29, 1.82) is 0 Å². The molecule has 6 heteroatoms. The largest absolute Gasteiger partial charge is 0.353 e. The number of carbonyl (C=O) groups is 2. The van der Waals surface area contributed by atoms with Crippen LogP contribution in [0.15, 0.2) is 0 Å². The standard InChI is InChI=1S/C15H27N3O2S/c1-2-7-16-8-9-17-14(19)13-10-21-11-18(13)15(20)12-5-3-4-6-12/h12-13,16H,2-11H2,1H3,(H,17,19). The summed E-state index contributed by atoms with van der Waals surface area (Å²) in [4.78, 5) is 26.6. The molecule has 0 aromatic heterocycles. The second kappa shape index (κ2) is 8.63. The summed E-state index contributed by atoms with van der Waals surface area (Å²) in [7, 11) is 0. The van der Waals surface area contributed by atoms with Gasteiger partial charge in [-0.3, -0.25) is 9.59 Å². The van der Waals surface area contributed by atoms with Crippen molar-refractivity contribution < 1.29 is 9.59 Å². The quantitative estimate of drug-likeness (QED) is 0.693. The van der Waals surface area contributed by atoms with Crippen molar-refractivity contribution >= 4 is 23.6 Å². The molecule has 21 heavy (non-hydrogen) atoms. The van der Waals surface area contributed by atoms with Gasteiger partial charge in [0.25, 0.3) is 0 Å². The van der Waals surface area contributed by atoms with E-state index in [1.165, 1.54) is 0 Å². The second-order valence-electron chi connectivity index (χ2n) is 5.85. The normalized spacial score (nSPS) is 22.7. The minimum Gasteiger partial charge on any atom is -0.353 e. The first kappa shape index (κ1) is 16.6. The summed E-state index contributed by atoms with van der Waals surface area (Å²) < 4.78 is 0. The minimum absolute atomic E-state index is 0.00430.